The minimum atomic E-state index is -2.95. The number of hydrogen-bond acceptors (Lipinski definition) is 5. The number of hydrogen-bond donors (Lipinski definition) is 2. The van der Waals surface area contributed by atoms with Gasteiger partial charge in [0.15, 0.2) is 0 Å². The molecular weight excluding hydrogens is 318 g/mol. The van der Waals surface area contributed by atoms with Crippen molar-refractivity contribution in [2.24, 2.45) is 5.73 Å². The number of nitrogens with one attached hydrogen (secondary N) is 1. The second kappa shape index (κ2) is 6.96. The van der Waals surface area contributed by atoms with Crippen molar-refractivity contribution in [2.75, 3.05) is 5.32 Å². The Hall–Kier alpha value is -2.48. The molecule has 3 N–H and O–H groups in total. The monoisotopic (exact) mass is 336 g/mol. The first-order chi connectivity index (χ1) is 11.5. The minimum Gasteiger partial charge on any atom is -0.433 e. The van der Waals surface area contributed by atoms with Crippen LogP contribution in [-0.2, 0) is 0 Å². The number of nitrogens with two attached hydrogens (primary N) is 1. The molecule has 6 nitrogen and oxygen atoms in total. The summed E-state index contributed by atoms with van der Waals surface area (Å²) < 4.78 is 30.1. The Morgan fingerprint density at radius 1 is 1.29 bits per heavy atom. The third-order valence-electron chi connectivity index (χ3n) is 3.96. The first-order valence-electron chi connectivity index (χ1n) is 7.67. The van der Waals surface area contributed by atoms with Gasteiger partial charge in [-0.1, -0.05) is 0 Å². The van der Waals surface area contributed by atoms with E-state index in [1.54, 1.807) is 12.1 Å². The van der Waals surface area contributed by atoms with E-state index in [4.69, 9.17) is 5.73 Å². The highest BCUT2D eigenvalue weighted by molar-refractivity contribution is 5.42. The number of nitrogens with zero attached hydrogens (tertiary/aromatic N) is 2. The lowest BCUT2D eigenvalue weighted by atomic mass is 10.2. The normalized spacial score (nSPS) is 20.3. The van der Waals surface area contributed by atoms with Gasteiger partial charge >= 0.3 is 6.61 Å². The van der Waals surface area contributed by atoms with E-state index in [1.165, 1.54) is 29.1 Å². The Bertz CT molecular complexity index is 748. The Morgan fingerprint density at radius 3 is 2.75 bits per heavy atom. The summed E-state index contributed by atoms with van der Waals surface area (Å²) in [4.78, 5) is 16.2. The number of aromatic nitrogens is 2. The maximum absolute atomic E-state index is 12.3. The van der Waals surface area contributed by atoms with Gasteiger partial charge in [0.05, 0.1) is 18.1 Å². The Morgan fingerprint density at radius 2 is 2.12 bits per heavy atom. The topological polar surface area (TPSA) is 82.2 Å². The lowest BCUT2D eigenvalue weighted by Gasteiger charge is -2.14. The molecule has 0 aliphatic heterocycles. The van der Waals surface area contributed by atoms with Crippen molar-refractivity contribution >= 4 is 5.82 Å². The van der Waals surface area contributed by atoms with Gasteiger partial charge in [-0.2, -0.15) is 8.78 Å². The molecule has 2 aromatic rings. The smallest absolute Gasteiger partial charge is 0.387 e. The van der Waals surface area contributed by atoms with Crippen LogP contribution in [0.4, 0.5) is 14.6 Å². The number of halogens is 2. The molecule has 0 aromatic carbocycles. The van der Waals surface area contributed by atoms with Crippen LogP contribution in [0.25, 0.3) is 5.69 Å². The Labute approximate surface area is 137 Å². The molecule has 0 bridgehead atoms. The highest BCUT2D eigenvalue weighted by Gasteiger charge is 2.21. The second-order valence-electron chi connectivity index (χ2n) is 5.77. The van der Waals surface area contributed by atoms with Gasteiger partial charge in [0.25, 0.3) is 5.56 Å². The zero-order valence-corrected chi connectivity index (χ0v) is 12.9. The van der Waals surface area contributed by atoms with Crippen molar-refractivity contribution < 1.29 is 13.5 Å². The van der Waals surface area contributed by atoms with Crippen LogP contribution in [0.2, 0.25) is 0 Å². The molecule has 0 unspecified atom stereocenters. The van der Waals surface area contributed by atoms with E-state index in [2.05, 4.69) is 15.0 Å². The Balaban J connectivity index is 1.76. The van der Waals surface area contributed by atoms with Gasteiger partial charge in [0.1, 0.15) is 11.6 Å². The van der Waals surface area contributed by atoms with Crippen molar-refractivity contribution in [1.29, 1.82) is 0 Å². The van der Waals surface area contributed by atoms with Gasteiger partial charge in [-0.15, -0.1) is 0 Å². The van der Waals surface area contributed by atoms with Crippen LogP contribution in [-0.4, -0.2) is 28.2 Å². The predicted octanol–water partition coefficient (Wildman–Crippen LogP) is 2.13. The standard InChI is InChI=1S/C16H18F2N4O2/c17-16(18)24-13-4-6-15(23)22(9-13)12-3-5-14(20-8-12)21-11-2-1-10(19)7-11/h3-6,8-11,16H,1-2,7,19H2,(H,20,21)/t10-,11-/m0/s1. The molecule has 0 amide bonds. The van der Waals surface area contributed by atoms with Crippen molar-refractivity contribution in [1.82, 2.24) is 9.55 Å². The Kier molecular flexibility index (Phi) is 4.75. The van der Waals surface area contributed by atoms with Crippen LogP contribution in [0.15, 0.2) is 41.5 Å². The molecule has 3 rings (SSSR count). The fourth-order valence-corrected chi connectivity index (χ4v) is 2.81. The van der Waals surface area contributed by atoms with E-state index in [1.807, 2.05) is 0 Å². The summed E-state index contributed by atoms with van der Waals surface area (Å²) in [6.07, 6.45) is 5.61. The van der Waals surface area contributed by atoms with Gasteiger partial charge in [0.2, 0.25) is 0 Å². The summed E-state index contributed by atoms with van der Waals surface area (Å²) in [5, 5.41) is 3.30. The second-order valence-corrected chi connectivity index (χ2v) is 5.77. The van der Waals surface area contributed by atoms with Crippen molar-refractivity contribution in [3.05, 3.63) is 47.0 Å². The van der Waals surface area contributed by atoms with Crippen LogP contribution < -0.4 is 21.3 Å². The molecule has 128 valence electrons. The number of anilines is 1. The molecule has 0 radical (unpaired) electrons. The zero-order valence-electron chi connectivity index (χ0n) is 12.9. The van der Waals surface area contributed by atoms with Crippen LogP contribution >= 0.6 is 0 Å². The molecule has 0 saturated heterocycles. The fraction of sp³-hybridized carbons (Fsp3) is 0.375. The first-order valence-corrected chi connectivity index (χ1v) is 7.67. The van der Waals surface area contributed by atoms with E-state index < -0.39 is 6.61 Å². The van der Waals surface area contributed by atoms with Crippen molar-refractivity contribution in [2.45, 2.75) is 38.0 Å². The van der Waals surface area contributed by atoms with Gasteiger partial charge in [0, 0.05) is 18.2 Å². The van der Waals surface area contributed by atoms with E-state index in [9.17, 15) is 13.6 Å². The maximum Gasteiger partial charge on any atom is 0.387 e. The average molecular weight is 336 g/mol. The van der Waals surface area contributed by atoms with Gasteiger partial charge in [-0.05, 0) is 37.5 Å². The number of rotatable bonds is 5. The molecule has 2 atom stereocenters. The highest BCUT2D eigenvalue weighted by atomic mass is 19.3. The van der Waals surface area contributed by atoms with E-state index >= 15 is 0 Å². The molecule has 1 aliphatic rings. The van der Waals surface area contributed by atoms with Gasteiger partial charge < -0.3 is 15.8 Å². The highest BCUT2D eigenvalue weighted by Crippen LogP contribution is 2.21. The average Bonchev–Trinajstić information content (AvgIpc) is 2.95. The third-order valence-corrected chi connectivity index (χ3v) is 3.96. The summed E-state index contributed by atoms with van der Waals surface area (Å²) in [6.45, 7) is -2.95. The minimum absolute atomic E-state index is 0.0910. The van der Waals surface area contributed by atoms with Crippen LogP contribution in [0, 0.1) is 0 Å². The van der Waals surface area contributed by atoms with Crippen molar-refractivity contribution in [3.8, 4) is 11.4 Å². The number of alkyl halides is 2. The molecular formula is C16H18F2N4O2. The van der Waals surface area contributed by atoms with Gasteiger partial charge in [-0.25, -0.2) is 4.98 Å². The van der Waals surface area contributed by atoms with Crippen LogP contribution in [0.3, 0.4) is 0 Å². The van der Waals surface area contributed by atoms with Gasteiger partial charge in [-0.3, -0.25) is 9.36 Å². The molecule has 1 aliphatic carbocycles. The van der Waals surface area contributed by atoms with E-state index in [0.29, 0.717) is 17.5 Å². The first kappa shape index (κ1) is 16.4. The third kappa shape index (κ3) is 3.88. The quantitative estimate of drug-likeness (QED) is 0.874. The molecule has 2 aromatic heterocycles. The number of ether oxygens (including phenoxy) is 1. The van der Waals surface area contributed by atoms with Crippen LogP contribution in [0.5, 0.6) is 5.75 Å². The maximum atomic E-state index is 12.3. The summed E-state index contributed by atoms with van der Waals surface area (Å²) in [7, 11) is 0. The van der Waals surface area contributed by atoms with Crippen molar-refractivity contribution in [3.63, 3.8) is 0 Å². The lowest BCUT2D eigenvalue weighted by molar-refractivity contribution is -0.0502. The fourth-order valence-electron chi connectivity index (χ4n) is 2.81. The largest absolute Gasteiger partial charge is 0.433 e. The molecule has 8 heteroatoms. The zero-order chi connectivity index (χ0) is 17.1. The number of pyridine rings is 2. The molecule has 0 spiro atoms. The molecule has 24 heavy (non-hydrogen) atoms. The molecule has 1 saturated carbocycles. The van der Waals surface area contributed by atoms with E-state index in [0.717, 1.165) is 19.3 Å². The summed E-state index contributed by atoms with van der Waals surface area (Å²) in [6, 6.07) is 6.33. The summed E-state index contributed by atoms with van der Waals surface area (Å²) >= 11 is 0. The SMILES string of the molecule is N[C@H]1CC[C@H](Nc2ccc(-n3cc(OC(F)F)ccc3=O)cn2)C1. The predicted molar refractivity (Wildman–Crippen MR) is 85.7 cm³/mol. The summed E-state index contributed by atoms with van der Waals surface area (Å²) in [5.74, 6) is 0.595. The summed E-state index contributed by atoms with van der Waals surface area (Å²) in [5.41, 5.74) is 5.99. The lowest BCUT2D eigenvalue weighted by Crippen LogP contribution is -2.21. The molecule has 1 fully saturated rings. The van der Waals surface area contributed by atoms with Crippen LogP contribution in [0.1, 0.15) is 19.3 Å². The molecule has 2 heterocycles. The van der Waals surface area contributed by atoms with E-state index in [-0.39, 0.29) is 17.4 Å².